The van der Waals surface area contributed by atoms with Gasteiger partial charge in [-0.05, 0) is 26.1 Å². The Morgan fingerprint density at radius 3 is 2.55 bits per heavy atom. The van der Waals surface area contributed by atoms with Crippen LogP contribution in [0.25, 0.3) is 0 Å². The van der Waals surface area contributed by atoms with Crippen LogP contribution in [0.4, 0.5) is 0 Å². The summed E-state index contributed by atoms with van der Waals surface area (Å²) in [5.41, 5.74) is 0.554. The van der Waals surface area contributed by atoms with Crippen molar-refractivity contribution in [3.05, 3.63) is 27.7 Å². The van der Waals surface area contributed by atoms with Crippen LogP contribution < -0.4 is 10.0 Å². The van der Waals surface area contributed by atoms with Gasteiger partial charge in [-0.3, -0.25) is 0 Å². The van der Waals surface area contributed by atoms with Gasteiger partial charge in [0.25, 0.3) is 0 Å². The van der Waals surface area contributed by atoms with Crippen LogP contribution >= 0.6 is 23.2 Å². The molecular weight excluding hydrogens is 323 g/mol. The Kier molecular flexibility index (Phi) is 6.71. The Hall–Kier alpha value is -0.370. The summed E-state index contributed by atoms with van der Waals surface area (Å²) < 4.78 is 31.9. The molecule has 0 saturated heterocycles. The molecule has 0 aliphatic carbocycles. The number of sulfonamides is 1. The van der Waals surface area contributed by atoms with E-state index in [0.717, 1.165) is 0 Å². The highest BCUT2D eigenvalue weighted by molar-refractivity contribution is 7.89. The van der Waals surface area contributed by atoms with Crippen LogP contribution in [0.5, 0.6) is 0 Å². The molecule has 0 heterocycles. The predicted octanol–water partition coefficient (Wildman–Crippen LogP) is 2.03. The molecule has 0 bridgehead atoms. The van der Waals surface area contributed by atoms with Crippen LogP contribution in [0, 0.1) is 0 Å². The monoisotopic (exact) mass is 340 g/mol. The lowest BCUT2D eigenvalue weighted by Gasteiger charge is -2.14. The van der Waals surface area contributed by atoms with Gasteiger partial charge in [-0.2, -0.15) is 0 Å². The highest BCUT2D eigenvalue weighted by Gasteiger charge is 2.21. The van der Waals surface area contributed by atoms with E-state index in [0.29, 0.717) is 17.1 Å². The summed E-state index contributed by atoms with van der Waals surface area (Å²) >= 11 is 12.2. The van der Waals surface area contributed by atoms with Gasteiger partial charge in [0.05, 0.1) is 11.1 Å². The first-order valence-electron chi connectivity index (χ1n) is 5.97. The van der Waals surface area contributed by atoms with E-state index >= 15 is 0 Å². The van der Waals surface area contributed by atoms with Gasteiger partial charge in [-0.1, -0.05) is 23.2 Å². The van der Waals surface area contributed by atoms with Crippen molar-refractivity contribution < 1.29 is 13.2 Å². The van der Waals surface area contributed by atoms with E-state index in [1.807, 2.05) is 0 Å². The average molecular weight is 341 g/mol. The Morgan fingerprint density at radius 2 is 2.00 bits per heavy atom. The molecule has 20 heavy (non-hydrogen) atoms. The van der Waals surface area contributed by atoms with Crippen LogP contribution in [0.1, 0.15) is 12.5 Å². The standard InChI is InChI=1S/C12H18Cl2N2O3S/c1-8(19-3)6-16-20(17,18)11-5-4-10(13)9(7-15-2)12(11)14/h4-5,8,15-16H,6-7H2,1-3H3. The smallest absolute Gasteiger partial charge is 0.242 e. The molecule has 5 nitrogen and oxygen atoms in total. The van der Waals surface area contributed by atoms with E-state index in [1.165, 1.54) is 19.2 Å². The van der Waals surface area contributed by atoms with Gasteiger partial charge >= 0.3 is 0 Å². The molecule has 0 fully saturated rings. The van der Waals surface area contributed by atoms with Gasteiger partial charge < -0.3 is 10.1 Å². The molecule has 0 spiro atoms. The minimum atomic E-state index is -3.70. The molecule has 0 aliphatic rings. The second-order valence-corrected chi connectivity index (χ2v) is 6.79. The van der Waals surface area contributed by atoms with Gasteiger partial charge in [0.1, 0.15) is 4.90 Å². The zero-order chi connectivity index (χ0) is 15.3. The first kappa shape index (κ1) is 17.7. The van der Waals surface area contributed by atoms with E-state index in [1.54, 1.807) is 14.0 Å². The zero-order valence-corrected chi connectivity index (χ0v) is 13.9. The van der Waals surface area contributed by atoms with Gasteiger partial charge in [-0.25, -0.2) is 13.1 Å². The molecule has 8 heteroatoms. The van der Waals surface area contributed by atoms with Crippen molar-refractivity contribution in [1.29, 1.82) is 0 Å². The molecule has 2 N–H and O–H groups in total. The maximum atomic E-state index is 12.2. The van der Waals surface area contributed by atoms with Crippen molar-refractivity contribution in [2.75, 3.05) is 20.7 Å². The summed E-state index contributed by atoms with van der Waals surface area (Å²) in [7, 11) is -0.460. The number of benzene rings is 1. The topological polar surface area (TPSA) is 67.4 Å². The largest absolute Gasteiger partial charge is 0.380 e. The molecule has 0 aromatic heterocycles. The van der Waals surface area contributed by atoms with Crippen LogP contribution in [-0.4, -0.2) is 35.2 Å². The highest BCUT2D eigenvalue weighted by Crippen LogP contribution is 2.30. The second kappa shape index (κ2) is 7.59. The summed E-state index contributed by atoms with van der Waals surface area (Å²) in [4.78, 5) is 0.0112. The predicted molar refractivity (Wildman–Crippen MR) is 80.9 cm³/mol. The molecular formula is C12H18Cl2N2O3S. The molecule has 0 saturated carbocycles. The van der Waals surface area contributed by atoms with Crippen LogP contribution in [-0.2, 0) is 21.3 Å². The molecule has 1 atom stereocenters. The van der Waals surface area contributed by atoms with Crippen LogP contribution in [0.2, 0.25) is 10.0 Å². The van der Waals surface area contributed by atoms with Gasteiger partial charge in [0, 0.05) is 30.8 Å². The maximum absolute atomic E-state index is 12.2. The molecule has 1 unspecified atom stereocenters. The van der Waals surface area contributed by atoms with Crippen molar-refractivity contribution >= 4 is 33.2 Å². The van der Waals surface area contributed by atoms with Crippen molar-refractivity contribution in [1.82, 2.24) is 10.0 Å². The number of ether oxygens (including phenoxy) is 1. The second-order valence-electron chi connectivity index (χ2n) is 4.27. The van der Waals surface area contributed by atoms with Crippen LogP contribution in [0.15, 0.2) is 17.0 Å². The van der Waals surface area contributed by atoms with Crippen molar-refractivity contribution in [2.45, 2.75) is 24.5 Å². The minimum absolute atomic E-state index is 0.0112. The molecule has 0 radical (unpaired) electrons. The lowest BCUT2D eigenvalue weighted by molar-refractivity contribution is 0.122. The molecule has 114 valence electrons. The fourth-order valence-electron chi connectivity index (χ4n) is 1.51. The van der Waals surface area contributed by atoms with Crippen LogP contribution in [0.3, 0.4) is 0 Å². The Balaban J connectivity index is 3.09. The maximum Gasteiger partial charge on any atom is 0.242 e. The molecule has 0 aliphatic heterocycles. The Labute approximate surface area is 129 Å². The van der Waals surface area contributed by atoms with E-state index < -0.39 is 10.0 Å². The lowest BCUT2D eigenvalue weighted by atomic mass is 10.2. The van der Waals surface area contributed by atoms with Gasteiger partial charge in [-0.15, -0.1) is 0 Å². The summed E-state index contributed by atoms with van der Waals surface area (Å²) in [5.74, 6) is 0. The van der Waals surface area contributed by atoms with E-state index in [-0.39, 0.29) is 22.6 Å². The van der Waals surface area contributed by atoms with E-state index in [9.17, 15) is 8.42 Å². The fraction of sp³-hybridized carbons (Fsp3) is 0.500. The minimum Gasteiger partial charge on any atom is -0.380 e. The van der Waals surface area contributed by atoms with Crippen molar-refractivity contribution in [3.8, 4) is 0 Å². The van der Waals surface area contributed by atoms with Gasteiger partial charge in [0.15, 0.2) is 0 Å². The lowest BCUT2D eigenvalue weighted by Crippen LogP contribution is -2.32. The summed E-state index contributed by atoms with van der Waals surface area (Å²) in [5, 5.41) is 3.45. The number of methoxy groups -OCH3 is 1. The number of hydrogen-bond donors (Lipinski definition) is 2. The molecule has 1 aromatic rings. The van der Waals surface area contributed by atoms with Crippen molar-refractivity contribution in [3.63, 3.8) is 0 Å². The van der Waals surface area contributed by atoms with Crippen molar-refractivity contribution in [2.24, 2.45) is 0 Å². The summed E-state index contributed by atoms with van der Waals surface area (Å²) in [6.07, 6.45) is -0.229. The first-order valence-corrected chi connectivity index (χ1v) is 8.21. The Morgan fingerprint density at radius 1 is 1.35 bits per heavy atom. The third-order valence-electron chi connectivity index (χ3n) is 2.76. The quantitative estimate of drug-likeness (QED) is 0.796. The SMILES string of the molecule is CNCc1c(Cl)ccc(S(=O)(=O)NCC(C)OC)c1Cl. The molecule has 1 rings (SSSR count). The molecule has 0 amide bonds. The number of hydrogen-bond acceptors (Lipinski definition) is 4. The number of rotatable bonds is 7. The van der Waals surface area contributed by atoms with E-state index in [4.69, 9.17) is 27.9 Å². The summed E-state index contributed by atoms with van der Waals surface area (Å²) in [6.45, 7) is 2.31. The third kappa shape index (κ3) is 4.31. The third-order valence-corrected chi connectivity index (χ3v) is 5.12. The molecule has 1 aromatic carbocycles. The normalized spacial score (nSPS) is 13.4. The van der Waals surface area contributed by atoms with Gasteiger partial charge in [0.2, 0.25) is 10.0 Å². The highest BCUT2D eigenvalue weighted by atomic mass is 35.5. The fourth-order valence-corrected chi connectivity index (χ4v) is 3.54. The number of halogens is 2. The summed E-state index contributed by atoms with van der Waals surface area (Å²) in [6, 6.07) is 2.91. The number of nitrogens with one attached hydrogen (secondary N) is 2. The van der Waals surface area contributed by atoms with E-state index in [2.05, 4.69) is 10.0 Å². The average Bonchev–Trinajstić information content (AvgIpc) is 2.40. The first-order chi connectivity index (χ1) is 9.33. The Bertz CT molecular complexity index is 564. The zero-order valence-electron chi connectivity index (χ0n) is 11.5.